The molecule has 108 valence electrons. The van der Waals surface area contributed by atoms with Crippen molar-refractivity contribution in [3.8, 4) is 0 Å². The molecule has 0 N–H and O–H groups in total. The molecule has 1 aliphatic carbocycles. The Bertz CT molecular complexity index is 307. The Balaban J connectivity index is 2.59. The van der Waals surface area contributed by atoms with Crippen molar-refractivity contribution < 1.29 is 14.3 Å². The zero-order valence-corrected chi connectivity index (χ0v) is 11.9. The third-order valence-corrected chi connectivity index (χ3v) is 3.49. The van der Waals surface area contributed by atoms with Crippen LogP contribution in [0.2, 0.25) is 0 Å². The van der Waals surface area contributed by atoms with E-state index in [1.54, 1.807) is 17.9 Å². The van der Waals surface area contributed by atoms with E-state index < -0.39 is 0 Å². The van der Waals surface area contributed by atoms with Crippen molar-refractivity contribution in [2.45, 2.75) is 45.4 Å². The zero-order valence-electron chi connectivity index (χ0n) is 11.9. The van der Waals surface area contributed by atoms with E-state index in [9.17, 15) is 9.59 Å². The molecule has 0 spiro atoms. The second-order valence-electron chi connectivity index (χ2n) is 5.00. The Labute approximate surface area is 115 Å². The number of carbonyl (C=O) groups is 2. The van der Waals surface area contributed by atoms with Gasteiger partial charge in [0.2, 0.25) is 5.91 Å². The summed E-state index contributed by atoms with van der Waals surface area (Å²) in [7, 11) is 0. The molecule has 0 aromatic heterocycles. The summed E-state index contributed by atoms with van der Waals surface area (Å²) in [5, 5.41) is 0. The van der Waals surface area contributed by atoms with Crippen molar-refractivity contribution in [2.75, 3.05) is 19.7 Å². The summed E-state index contributed by atoms with van der Waals surface area (Å²) in [4.78, 5) is 25.6. The van der Waals surface area contributed by atoms with Crippen molar-refractivity contribution in [3.63, 3.8) is 0 Å². The van der Waals surface area contributed by atoms with Crippen LogP contribution >= 0.6 is 0 Å². The van der Waals surface area contributed by atoms with Crippen molar-refractivity contribution in [1.29, 1.82) is 0 Å². The van der Waals surface area contributed by atoms with E-state index in [0.29, 0.717) is 13.2 Å². The molecule has 4 nitrogen and oxygen atoms in total. The Morgan fingerprint density at radius 1 is 1.26 bits per heavy atom. The number of nitrogens with zero attached hydrogens (tertiary/aromatic N) is 1. The lowest BCUT2D eigenvalue weighted by molar-refractivity contribution is -0.150. The molecule has 4 heteroatoms. The maximum Gasteiger partial charge on any atom is 0.325 e. The molecule has 0 saturated heterocycles. The average molecular weight is 267 g/mol. The maximum absolute atomic E-state index is 12.5. The number of amides is 1. The fourth-order valence-corrected chi connectivity index (χ4v) is 2.54. The number of rotatable bonds is 6. The summed E-state index contributed by atoms with van der Waals surface area (Å²) in [5.41, 5.74) is 0. The van der Waals surface area contributed by atoms with E-state index in [4.69, 9.17) is 4.74 Å². The molecule has 0 radical (unpaired) electrons. The van der Waals surface area contributed by atoms with Crippen LogP contribution in [0, 0.1) is 5.92 Å². The van der Waals surface area contributed by atoms with Gasteiger partial charge in [-0.15, -0.1) is 6.58 Å². The number of ether oxygens (including phenoxy) is 1. The number of carbonyl (C=O) groups excluding carboxylic acids is 2. The highest BCUT2D eigenvalue weighted by Gasteiger charge is 2.26. The molecule has 1 aliphatic rings. The fourth-order valence-electron chi connectivity index (χ4n) is 2.54. The molecule has 0 aliphatic heterocycles. The molecule has 19 heavy (non-hydrogen) atoms. The molecule has 0 unspecified atom stereocenters. The highest BCUT2D eigenvalue weighted by atomic mass is 16.5. The zero-order chi connectivity index (χ0) is 14.1. The van der Waals surface area contributed by atoms with Gasteiger partial charge in [-0.1, -0.05) is 31.8 Å². The lowest BCUT2D eigenvalue weighted by atomic mass is 9.98. The van der Waals surface area contributed by atoms with Crippen LogP contribution in [0.15, 0.2) is 12.7 Å². The largest absolute Gasteiger partial charge is 0.465 e. The van der Waals surface area contributed by atoms with Gasteiger partial charge in [0.15, 0.2) is 0 Å². The molecule has 1 saturated carbocycles. The van der Waals surface area contributed by atoms with Gasteiger partial charge in [0, 0.05) is 12.5 Å². The van der Waals surface area contributed by atoms with Gasteiger partial charge < -0.3 is 9.64 Å². The monoisotopic (exact) mass is 267 g/mol. The van der Waals surface area contributed by atoms with Crippen LogP contribution < -0.4 is 0 Å². The van der Waals surface area contributed by atoms with Gasteiger partial charge in [-0.3, -0.25) is 9.59 Å². The predicted octanol–water partition coefficient (Wildman–Crippen LogP) is 2.53. The quantitative estimate of drug-likeness (QED) is 0.422. The van der Waals surface area contributed by atoms with Gasteiger partial charge in [-0.05, 0) is 19.8 Å². The fraction of sp³-hybridized carbons (Fsp3) is 0.733. The van der Waals surface area contributed by atoms with Gasteiger partial charge in [0.1, 0.15) is 6.54 Å². The molecular formula is C15H25NO3. The van der Waals surface area contributed by atoms with Crippen molar-refractivity contribution in [2.24, 2.45) is 5.92 Å². The van der Waals surface area contributed by atoms with Crippen molar-refractivity contribution >= 4 is 11.9 Å². The Kier molecular flexibility index (Phi) is 7.23. The predicted molar refractivity (Wildman–Crippen MR) is 74.6 cm³/mol. The van der Waals surface area contributed by atoms with Gasteiger partial charge in [-0.25, -0.2) is 0 Å². The normalized spacial score (nSPS) is 16.5. The second kappa shape index (κ2) is 8.73. The van der Waals surface area contributed by atoms with E-state index in [1.165, 1.54) is 12.8 Å². The van der Waals surface area contributed by atoms with Crippen LogP contribution in [0.1, 0.15) is 45.4 Å². The van der Waals surface area contributed by atoms with Crippen LogP contribution in [0.4, 0.5) is 0 Å². The molecule has 0 atom stereocenters. The van der Waals surface area contributed by atoms with Crippen molar-refractivity contribution in [3.05, 3.63) is 12.7 Å². The Morgan fingerprint density at radius 2 is 1.89 bits per heavy atom. The van der Waals surface area contributed by atoms with E-state index in [0.717, 1.165) is 25.7 Å². The molecule has 1 rings (SSSR count). The van der Waals surface area contributed by atoms with Crippen LogP contribution in [0.3, 0.4) is 0 Å². The summed E-state index contributed by atoms with van der Waals surface area (Å²) < 4.78 is 4.91. The van der Waals surface area contributed by atoms with Gasteiger partial charge in [-0.2, -0.15) is 0 Å². The molecular weight excluding hydrogens is 242 g/mol. The van der Waals surface area contributed by atoms with Crippen LogP contribution in [0.5, 0.6) is 0 Å². The standard InChI is InChI=1S/C15H25NO3/c1-3-11-16(12-14(17)19-4-2)15(18)13-9-7-5-6-8-10-13/h3,13H,1,4-12H2,2H3. The summed E-state index contributed by atoms with van der Waals surface area (Å²) in [6.07, 6.45) is 8.18. The third kappa shape index (κ3) is 5.45. The first-order chi connectivity index (χ1) is 9.19. The number of hydrogen-bond donors (Lipinski definition) is 0. The Morgan fingerprint density at radius 3 is 2.42 bits per heavy atom. The molecule has 0 bridgehead atoms. The summed E-state index contributed by atoms with van der Waals surface area (Å²) in [6, 6.07) is 0. The first-order valence-corrected chi connectivity index (χ1v) is 7.24. The first-order valence-electron chi connectivity index (χ1n) is 7.24. The lowest BCUT2D eigenvalue weighted by Crippen LogP contribution is -2.40. The number of hydrogen-bond acceptors (Lipinski definition) is 3. The summed E-state index contributed by atoms with van der Waals surface area (Å²) in [6.45, 7) is 6.21. The lowest BCUT2D eigenvalue weighted by Gasteiger charge is -2.25. The van der Waals surface area contributed by atoms with Gasteiger partial charge in [0.05, 0.1) is 6.61 Å². The molecule has 0 heterocycles. The van der Waals surface area contributed by atoms with E-state index in [2.05, 4.69) is 6.58 Å². The Hall–Kier alpha value is -1.32. The van der Waals surface area contributed by atoms with Crippen LogP contribution in [0.25, 0.3) is 0 Å². The van der Waals surface area contributed by atoms with Crippen LogP contribution in [-0.4, -0.2) is 36.5 Å². The third-order valence-electron chi connectivity index (χ3n) is 3.49. The molecule has 0 aromatic carbocycles. The van der Waals surface area contributed by atoms with Crippen LogP contribution in [-0.2, 0) is 14.3 Å². The van der Waals surface area contributed by atoms with Gasteiger partial charge in [0.25, 0.3) is 0 Å². The highest BCUT2D eigenvalue weighted by Crippen LogP contribution is 2.24. The SMILES string of the molecule is C=CCN(CC(=O)OCC)C(=O)C1CCCCCC1. The van der Waals surface area contributed by atoms with Crippen molar-refractivity contribution in [1.82, 2.24) is 4.90 Å². The van der Waals surface area contributed by atoms with E-state index >= 15 is 0 Å². The topological polar surface area (TPSA) is 46.6 Å². The highest BCUT2D eigenvalue weighted by molar-refractivity contribution is 5.83. The minimum absolute atomic E-state index is 0.0369. The smallest absolute Gasteiger partial charge is 0.325 e. The first kappa shape index (κ1) is 15.7. The average Bonchev–Trinajstić information content (AvgIpc) is 2.66. The van der Waals surface area contributed by atoms with E-state index in [1.807, 2.05) is 0 Å². The molecule has 0 aromatic rings. The summed E-state index contributed by atoms with van der Waals surface area (Å²) >= 11 is 0. The second-order valence-corrected chi connectivity index (χ2v) is 5.00. The minimum atomic E-state index is -0.341. The van der Waals surface area contributed by atoms with Gasteiger partial charge >= 0.3 is 5.97 Å². The minimum Gasteiger partial charge on any atom is -0.465 e. The number of esters is 1. The maximum atomic E-state index is 12.5. The molecule has 1 amide bonds. The molecule has 1 fully saturated rings. The summed E-state index contributed by atoms with van der Waals surface area (Å²) in [5.74, 6) is -0.196. The van der Waals surface area contributed by atoms with E-state index in [-0.39, 0.29) is 24.3 Å².